The number of hydrogen-bond donors (Lipinski definition) is 6. The van der Waals surface area contributed by atoms with E-state index in [1.54, 1.807) is 13.1 Å². The summed E-state index contributed by atoms with van der Waals surface area (Å²) >= 11 is 3.02. The molecule has 7 aromatic heterocycles. The average molecular weight is 1080 g/mol. The highest BCUT2D eigenvalue weighted by molar-refractivity contribution is 9.10. The fourth-order valence-electron chi connectivity index (χ4n) is 5.34. The first-order valence-corrected chi connectivity index (χ1v) is 21.2. The number of nitrogens with zero attached hydrogens (tertiary/aromatic N) is 10. The Morgan fingerprint density at radius 1 is 0.575 bits per heavy atom. The molecule has 1 aliphatic rings. The number of rotatable bonds is 6. The van der Waals surface area contributed by atoms with E-state index in [2.05, 4.69) is 50.8 Å². The topological polar surface area (TPSA) is 388 Å². The van der Waals surface area contributed by atoms with E-state index in [0.717, 1.165) is 37.2 Å². The average Bonchev–Trinajstić information content (AvgIpc) is 3.54. The molecule has 1 fully saturated rings. The van der Waals surface area contributed by atoms with Crippen LogP contribution in [0.5, 0.6) is 0 Å². The maximum absolute atomic E-state index is 13.0. The second-order valence-corrected chi connectivity index (χ2v) is 16.0. The summed E-state index contributed by atoms with van der Waals surface area (Å²) in [5.41, 5.74) is 29.4. The van der Waals surface area contributed by atoms with Crippen LogP contribution in [0.3, 0.4) is 0 Å². The smallest absolute Gasteiger partial charge is 0.399 e. The highest BCUT2D eigenvalue weighted by Crippen LogP contribution is 2.37. The summed E-state index contributed by atoms with van der Waals surface area (Å²) in [6.07, 6.45) is 18.2. The number of aliphatic hydroxyl groups is 1. The molecule has 11 N–H and O–H groups in total. The van der Waals surface area contributed by atoms with Gasteiger partial charge in [-0.05, 0) is 74.8 Å². The highest BCUT2D eigenvalue weighted by atomic mass is 79.9. The summed E-state index contributed by atoms with van der Waals surface area (Å²) in [5.74, 6) is -1.35. The monoisotopic (exact) mass is 1080 g/mol. The Morgan fingerprint density at radius 3 is 1.40 bits per heavy atom. The number of hydrogen-bond acceptors (Lipinski definition) is 21. The zero-order valence-corrected chi connectivity index (χ0v) is 40.3. The summed E-state index contributed by atoms with van der Waals surface area (Å²) in [4.78, 5) is 55.1. The molecule has 0 saturated carbocycles. The molecule has 0 amide bonds. The Bertz CT molecular complexity index is 2970. The van der Waals surface area contributed by atoms with Crippen molar-refractivity contribution in [3.8, 4) is 22.3 Å². The summed E-state index contributed by atoms with van der Waals surface area (Å²) in [7, 11) is -0.548. The van der Waals surface area contributed by atoms with Gasteiger partial charge >= 0.3 is 24.2 Å². The van der Waals surface area contributed by atoms with Gasteiger partial charge in [0.15, 0.2) is 0 Å². The van der Waals surface area contributed by atoms with Crippen molar-refractivity contribution in [3.05, 3.63) is 163 Å². The SMILES string of the molecule is C.CC1(C)OB(c2cncc(F)c2)OC1(C)C.CCO.Nc1c(-c2cncc(F)c2)cncc1[N+](=O)[O-].Nc1c(Br)cncc1[N+](=O)[O-].Nc1ccncc1[N+](=O)[O-].Nc1cncc(-c2cncc(F)c2)c1N. The molecule has 73 heavy (non-hydrogen) atoms. The molecule has 1 aliphatic heterocycles. The van der Waals surface area contributed by atoms with Crippen LogP contribution in [-0.4, -0.2) is 79.7 Å². The number of halogens is 4. The Balaban J connectivity index is 0.000000311. The zero-order valence-electron chi connectivity index (χ0n) is 38.8. The van der Waals surface area contributed by atoms with Gasteiger partial charge in [0.2, 0.25) is 0 Å². The number of anilines is 5. The lowest BCUT2D eigenvalue weighted by atomic mass is 9.80. The van der Waals surface area contributed by atoms with Crippen LogP contribution in [0.2, 0.25) is 0 Å². The molecule has 0 aromatic carbocycles. The second kappa shape index (κ2) is 27.8. The first-order chi connectivity index (χ1) is 33.8. The van der Waals surface area contributed by atoms with Gasteiger partial charge in [-0.2, -0.15) is 0 Å². The Hall–Kier alpha value is -8.54. The van der Waals surface area contributed by atoms with Crippen molar-refractivity contribution in [2.24, 2.45) is 0 Å². The van der Waals surface area contributed by atoms with E-state index in [1.807, 2.05) is 27.7 Å². The number of nitrogen functional groups attached to an aromatic ring is 5. The maximum Gasteiger partial charge on any atom is 0.496 e. The molecule has 29 heteroatoms. The highest BCUT2D eigenvalue weighted by Gasteiger charge is 2.51. The van der Waals surface area contributed by atoms with E-state index in [1.165, 1.54) is 67.6 Å². The van der Waals surface area contributed by atoms with Crippen molar-refractivity contribution < 1.29 is 42.4 Å². The number of nitro groups is 3. The minimum atomic E-state index is -0.640. The van der Waals surface area contributed by atoms with Gasteiger partial charge in [-0.15, -0.1) is 0 Å². The van der Waals surface area contributed by atoms with Crippen molar-refractivity contribution in [1.82, 2.24) is 34.9 Å². The first-order valence-electron chi connectivity index (χ1n) is 20.4. The molecule has 0 spiro atoms. The largest absolute Gasteiger partial charge is 0.496 e. The predicted molar refractivity (Wildman–Crippen MR) is 272 cm³/mol. The first kappa shape index (κ1) is 60.6. The molecule has 8 heterocycles. The van der Waals surface area contributed by atoms with Gasteiger partial charge < -0.3 is 43.1 Å². The van der Waals surface area contributed by atoms with E-state index in [0.29, 0.717) is 38.0 Å². The van der Waals surface area contributed by atoms with Gasteiger partial charge in [0.25, 0.3) is 0 Å². The summed E-state index contributed by atoms with van der Waals surface area (Å²) in [6, 6.07) is 5.29. The summed E-state index contributed by atoms with van der Waals surface area (Å²) < 4.78 is 50.9. The minimum Gasteiger partial charge on any atom is -0.399 e. The summed E-state index contributed by atoms with van der Waals surface area (Å²) in [5, 5.41) is 38.6. The van der Waals surface area contributed by atoms with E-state index in [-0.39, 0.29) is 59.5 Å². The van der Waals surface area contributed by atoms with Crippen molar-refractivity contribution in [1.29, 1.82) is 0 Å². The van der Waals surface area contributed by atoms with Crippen molar-refractivity contribution in [2.75, 3.05) is 35.3 Å². The van der Waals surface area contributed by atoms with Crippen molar-refractivity contribution in [3.63, 3.8) is 0 Å². The van der Waals surface area contributed by atoms with Crippen molar-refractivity contribution in [2.45, 2.75) is 53.2 Å². The maximum atomic E-state index is 13.0. The lowest BCUT2D eigenvalue weighted by molar-refractivity contribution is -0.384. The van der Waals surface area contributed by atoms with E-state index >= 15 is 0 Å². The molecule has 386 valence electrons. The van der Waals surface area contributed by atoms with Crippen molar-refractivity contribution >= 4 is 74.0 Å². The lowest BCUT2D eigenvalue weighted by Gasteiger charge is -2.32. The molecule has 0 atom stereocenters. The molecular formula is C44H50BBrF3N15O9. The third kappa shape index (κ3) is 17.4. The van der Waals surface area contributed by atoms with Gasteiger partial charge in [0.1, 0.15) is 53.1 Å². The fraction of sp³-hybridized carbons (Fsp3) is 0.205. The molecule has 0 aliphatic carbocycles. The predicted octanol–water partition coefficient (Wildman–Crippen LogP) is 7.28. The van der Waals surface area contributed by atoms with Crippen LogP contribution in [0, 0.1) is 47.8 Å². The van der Waals surface area contributed by atoms with Crippen LogP contribution in [-0.2, 0) is 9.31 Å². The number of aromatic nitrogens is 7. The standard InChI is InChI=1S/C11H15BFNO2.C10H7FN4O2.C10H9FN4.C5H4BrN3O2.C5H5N3O2.C2H6O.CH4/c1-10(2)11(3,4)16-12(15-10)8-5-9(13)7-14-6-8;11-7-1-6(2-13-3-7)8-4-14-5-9(10(8)12)15(16)17;11-7-1-6(2-14-3-7)8-4-15-5-9(12)10(8)13;6-3-1-8-2-4(5(3)7)9(10)11;6-4-1-2-7-3-5(4)8(9)10;1-2-3;/h5-7H,1-4H3;1-5H,(H2,12,14);1-5H,12H2,(H2,13,15);1-2H,(H2,7,8);1-3H,(H2,6,7);3H,2H2,1H3;1H4. The van der Waals surface area contributed by atoms with Crippen LogP contribution < -0.4 is 34.1 Å². The third-order valence-electron chi connectivity index (χ3n) is 9.61. The molecule has 24 nitrogen and oxygen atoms in total. The fourth-order valence-corrected chi connectivity index (χ4v) is 5.66. The van der Waals surface area contributed by atoms with Gasteiger partial charge in [-0.3, -0.25) is 65.2 Å². The lowest BCUT2D eigenvalue weighted by Crippen LogP contribution is -2.41. The van der Waals surface area contributed by atoms with Gasteiger partial charge in [-0.1, -0.05) is 7.43 Å². The Kier molecular flexibility index (Phi) is 23.0. The Labute approximate surface area is 424 Å². The third-order valence-corrected chi connectivity index (χ3v) is 10.2. The van der Waals surface area contributed by atoms with Crippen LogP contribution in [0.25, 0.3) is 22.3 Å². The summed E-state index contributed by atoms with van der Waals surface area (Å²) in [6.45, 7) is 9.76. The number of aliphatic hydroxyl groups excluding tert-OH is 1. The van der Waals surface area contributed by atoms with E-state index in [4.69, 9.17) is 43.1 Å². The molecule has 0 unspecified atom stereocenters. The van der Waals surface area contributed by atoms with Gasteiger partial charge in [-0.25, -0.2) is 13.2 Å². The normalized spacial score (nSPS) is 12.3. The number of nitrogens with two attached hydrogens (primary N) is 5. The van der Waals surface area contributed by atoms with Crippen LogP contribution in [0.1, 0.15) is 42.0 Å². The molecule has 8 rings (SSSR count). The molecular weight excluding hydrogens is 1030 g/mol. The molecule has 7 aromatic rings. The van der Waals surface area contributed by atoms with Crippen LogP contribution >= 0.6 is 15.9 Å². The molecule has 0 radical (unpaired) electrons. The molecule has 1 saturated heterocycles. The van der Waals surface area contributed by atoms with Crippen LogP contribution in [0.4, 0.5) is 58.7 Å². The number of pyridine rings is 7. The van der Waals surface area contributed by atoms with E-state index in [9.17, 15) is 43.5 Å². The van der Waals surface area contributed by atoms with Crippen LogP contribution in [0.15, 0.2) is 115 Å². The zero-order chi connectivity index (χ0) is 53.9. The minimum absolute atomic E-state index is 0. The Morgan fingerprint density at radius 2 is 0.973 bits per heavy atom. The van der Waals surface area contributed by atoms with Gasteiger partial charge in [0.05, 0.1) is 66.6 Å². The molecule has 0 bridgehead atoms. The second-order valence-electron chi connectivity index (χ2n) is 15.2. The quantitative estimate of drug-likeness (QED) is 0.0541. The van der Waals surface area contributed by atoms with E-state index < -0.39 is 44.7 Å². The van der Waals surface area contributed by atoms with Gasteiger partial charge in [0, 0.05) is 77.7 Å².